The molecule has 2 aromatic rings. The minimum atomic E-state index is -4.30. The summed E-state index contributed by atoms with van der Waals surface area (Å²) in [6.45, 7) is 2.80. The van der Waals surface area contributed by atoms with E-state index in [0.29, 0.717) is 6.54 Å². The van der Waals surface area contributed by atoms with Crippen LogP contribution in [0.25, 0.3) is 0 Å². The Bertz CT molecular complexity index is 546. The first kappa shape index (κ1) is 14.1. The van der Waals surface area contributed by atoms with Gasteiger partial charge in [-0.15, -0.1) is 0 Å². The quantitative estimate of drug-likeness (QED) is 0.880. The molecule has 0 bridgehead atoms. The van der Waals surface area contributed by atoms with Crippen molar-refractivity contribution in [2.45, 2.75) is 26.2 Å². The number of aryl methyl sites for hydroxylation is 1. The minimum absolute atomic E-state index is 0.213. The molecule has 0 fully saturated rings. The predicted octanol–water partition coefficient (Wildman–Crippen LogP) is 4.37. The lowest BCUT2D eigenvalue weighted by Crippen LogP contribution is -2.17. The highest BCUT2D eigenvalue weighted by atomic mass is 32.1. The van der Waals surface area contributed by atoms with Crippen LogP contribution in [-0.2, 0) is 19.3 Å². The SMILES string of the molecule is Cc1cscc1CNCc1ccccc1C(F)(F)F. The summed E-state index contributed by atoms with van der Waals surface area (Å²) in [7, 11) is 0. The number of alkyl halides is 3. The van der Waals surface area contributed by atoms with Crippen molar-refractivity contribution in [3.63, 3.8) is 0 Å². The molecule has 102 valence electrons. The van der Waals surface area contributed by atoms with Crippen molar-refractivity contribution < 1.29 is 13.2 Å². The van der Waals surface area contributed by atoms with Gasteiger partial charge in [0.05, 0.1) is 5.56 Å². The maximum atomic E-state index is 12.8. The molecule has 0 aliphatic carbocycles. The van der Waals surface area contributed by atoms with Crippen LogP contribution in [-0.4, -0.2) is 0 Å². The van der Waals surface area contributed by atoms with Crippen molar-refractivity contribution in [2.75, 3.05) is 0 Å². The molecule has 0 saturated heterocycles. The van der Waals surface area contributed by atoms with E-state index in [2.05, 4.69) is 5.32 Å². The lowest BCUT2D eigenvalue weighted by Gasteiger charge is -2.13. The third-order valence-electron chi connectivity index (χ3n) is 2.92. The van der Waals surface area contributed by atoms with Crippen molar-refractivity contribution in [1.29, 1.82) is 0 Å². The van der Waals surface area contributed by atoms with E-state index >= 15 is 0 Å². The Morgan fingerprint density at radius 3 is 2.37 bits per heavy atom. The molecule has 0 unspecified atom stereocenters. The van der Waals surface area contributed by atoms with Gasteiger partial charge in [0.25, 0.3) is 0 Å². The summed E-state index contributed by atoms with van der Waals surface area (Å²) in [6.07, 6.45) is -4.30. The lowest BCUT2D eigenvalue weighted by atomic mass is 10.1. The average Bonchev–Trinajstić information content (AvgIpc) is 2.75. The van der Waals surface area contributed by atoms with Gasteiger partial charge in [0.2, 0.25) is 0 Å². The fourth-order valence-electron chi connectivity index (χ4n) is 1.85. The number of halogens is 3. The van der Waals surface area contributed by atoms with E-state index < -0.39 is 11.7 Å². The fourth-order valence-corrected chi connectivity index (χ4v) is 2.71. The third-order valence-corrected chi connectivity index (χ3v) is 3.83. The van der Waals surface area contributed by atoms with Crippen LogP contribution in [0.1, 0.15) is 22.3 Å². The molecule has 0 aliphatic heterocycles. The van der Waals surface area contributed by atoms with Gasteiger partial charge in [-0.05, 0) is 40.4 Å². The van der Waals surface area contributed by atoms with E-state index in [-0.39, 0.29) is 12.1 Å². The summed E-state index contributed by atoms with van der Waals surface area (Å²) in [6, 6.07) is 5.67. The second-order valence-electron chi connectivity index (χ2n) is 4.34. The number of hydrogen-bond donors (Lipinski definition) is 1. The minimum Gasteiger partial charge on any atom is -0.309 e. The summed E-state index contributed by atoms with van der Waals surface area (Å²) in [4.78, 5) is 0. The Labute approximate surface area is 114 Å². The highest BCUT2D eigenvalue weighted by molar-refractivity contribution is 7.08. The molecular formula is C14H14F3NS. The van der Waals surface area contributed by atoms with Crippen molar-refractivity contribution in [2.24, 2.45) is 0 Å². The molecular weight excluding hydrogens is 271 g/mol. The Kier molecular flexibility index (Phi) is 4.27. The topological polar surface area (TPSA) is 12.0 Å². The Balaban J connectivity index is 2.02. The van der Waals surface area contributed by atoms with Crippen LogP contribution in [0.15, 0.2) is 35.0 Å². The molecule has 0 radical (unpaired) electrons. The average molecular weight is 285 g/mol. The Morgan fingerprint density at radius 1 is 1.05 bits per heavy atom. The Morgan fingerprint density at radius 2 is 1.74 bits per heavy atom. The zero-order valence-corrected chi connectivity index (χ0v) is 11.2. The van der Waals surface area contributed by atoms with Gasteiger partial charge >= 0.3 is 6.18 Å². The predicted molar refractivity (Wildman–Crippen MR) is 71.0 cm³/mol. The van der Waals surface area contributed by atoms with Crippen LogP contribution < -0.4 is 5.32 Å². The molecule has 0 saturated carbocycles. The summed E-state index contributed by atoms with van der Waals surface area (Å²) in [5.74, 6) is 0. The maximum Gasteiger partial charge on any atom is 0.416 e. The van der Waals surface area contributed by atoms with Crippen LogP contribution in [0, 0.1) is 6.92 Å². The molecule has 1 heterocycles. The summed E-state index contributed by atoms with van der Waals surface area (Å²) < 4.78 is 38.4. The van der Waals surface area contributed by atoms with Crippen LogP contribution in [0.5, 0.6) is 0 Å². The monoisotopic (exact) mass is 285 g/mol. The van der Waals surface area contributed by atoms with E-state index in [4.69, 9.17) is 0 Å². The Hall–Kier alpha value is -1.33. The number of rotatable bonds is 4. The number of hydrogen-bond acceptors (Lipinski definition) is 2. The van der Waals surface area contributed by atoms with Crippen LogP contribution >= 0.6 is 11.3 Å². The summed E-state index contributed by atoms with van der Waals surface area (Å²) >= 11 is 1.60. The van der Waals surface area contributed by atoms with Crippen molar-refractivity contribution in [1.82, 2.24) is 5.32 Å². The highest BCUT2D eigenvalue weighted by Gasteiger charge is 2.32. The normalized spacial score (nSPS) is 11.8. The maximum absolute atomic E-state index is 12.8. The first-order chi connectivity index (χ1) is 8.98. The van der Waals surface area contributed by atoms with Crippen LogP contribution in [0.4, 0.5) is 13.2 Å². The third kappa shape index (κ3) is 3.58. The van der Waals surface area contributed by atoms with E-state index in [1.807, 2.05) is 17.7 Å². The van der Waals surface area contributed by atoms with E-state index in [1.165, 1.54) is 17.7 Å². The molecule has 0 atom stereocenters. The highest BCUT2D eigenvalue weighted by Crippen LogP contribution is 2.31. The van der Waals surface area contributed by atoms with E-state index in [0.717, 1.165) is 11.6 Å². The van der Waals surface area contributed by atoms with Gasteiger partial charge in [-0.2, -0.15) is 24.5 Å². The molecule has 1 aromatic carbocycles. The van der Waals surface area contributed by atoms with Gasteiger partial charge in [-0.1, -0.05) is 18.2 Å². The van der Waals surface area contributed by atoms with Crippen molar-refractivity contribution in [3.8, 4) is 0 Å². The molecule has 1 N–H and O–H groups in total. The molecule has 0 aliphatic rings. The van der Waals surface area contributed by atoms with Gasteiger partial charge in [-0.25, -0.2) is 0 Å². The molecule has 2 rings (SSSR count). The second-order valence-corrected chi connectivity index (χ2v) is 5.08. The molecule has 0 spiro atoms. The number of benzene rings is 1. The van der Waals surface area contributed by atoms with E-state index in [1.54, 1.807) is 17.4 Å². The van der Waals surface area contributed by atoms with Gasteiger partial charge in [-0.3, -0.25) is 0 Å². The lowest BCUT2D eigenvalue weighted by molar-refractivity contribution is -0.138. The zero-order valence-electron chi connectivity index (χ0n) is 10.4. The van der Waals surface area contributed by atoms with Crippen molar-refractivity contribution in [3.05, 3.63) is 57.3 Å². The fraction of sp³-hybridized carbons (Fsp3) is 0.286. The van der Waals surface area contributed by atoms with Crippen LogP contribution in [0.3, 0.4) is 0 Å². The number of nitrogens with one attached hydrogen (secondary N) is 1. The molecule has 19 heavy (non-hydrogen) atoms. The first-order valence-electron chi connectivity index (χ1n) is 5.86. The summed E-state index contributed by atoms with van der Waals surface area (Å²) in [5, 5.41) is 7.10. The smallest absolute Gasteiger partial charge is 0.309 e. The van der Waals surface area contributed by atoms with Gasteiger partial charge in [0, 0.05) is 13.1 Å². The van der Waals surface area contributed by atoms with Gasteiger partial charge < -0.3 is 5.32 Å². The molecule has 1 nitrogen and oxygen atoms in total. The summed E-state index contributed by atoms with van der Waals surface area (Å²) in [5.41, 5.74) is 2.02. The standard InChI is InChI=1S/C14H14F3NS/c1-10-8-19-9-12(10)7-18-6-11-4-2-3-5-13(11)14(15,16)17/h2-5,8-9,18H,6-7H2,1H3. The van der Waals surface area contributed by atoms with Gasteiger partial charge in [0.15, 0.2) is 0 Å². The second kappa shape index (κ2) is 5.75. The van der Waals surface area contributed by atoms with Gasteiger partial charge in [0.1, 0.15) is 0 Å². The molecule has 5 heteroatoms. The van der Waals surface area contributed by atoms with E-state index in [9.17, 15) is 13.2 Å². The first-order valence-corrected chi connectivity index (χ1v) is 6.80. The number of thiophene rings is 1. The molecule has 1 aromatic heterocycles. The van der Waals surface area contributed by atoms with Crippen LogP contribution in [0.2, 0.25) is 0 Å². The zero-order chi connectivity index (χ0) is 13.9. The largest absolute Gasteiger partial charge is 0.416 e. The molecule has 0 amide bonds. The van der Waals surface area contributed by atoms with Crippen molar-refractivity contribution >= 4 is 11.3 Å².